The molecule has 0 spiro atoms. The number of aliphatic hydroxyl groups excluding tert-OH is 1. The van der Waals surface area contributed by atoms with E-state index in [4.69, 9.17) is 9.84 Å². The minimum atomic E-state index is -3.45. The fourth-order valence-electron chi connectivity index (χ4n) is 1.09. The van der Waals surface area contributed by atoms with E-state index in [1.807, 2.05) is 6.92 Å². The van der Waals surface area contributed by atoms with Crippen molar-refractivity contribution < 1.29 is 18.3 Å². The minimum Gasteiger partial charge on any atom is -0.396 e. The molecule has 0 fully saturated rings. The summed E-state index contributed by atoms with van der Waals surface area (Å²) in [5.41, 5.74) is 0. The van der Waals surface area contributed by atoms with Crippen LogP contribution in [-0.2, 0) is 14.9 Å². The minimum absolute atomic E-state index is 0.0186. The van der Waals surface area contributed by atoms with Crippen LogP contribution in [0.3, 0.4) is 0 Å². The molecule has 1 unspecified atom stereocenters. The topological polar surface area (TPSA) is 78.9 Å². The Morgan fingerprint density at radius 1 is 1.50 bits per heavy atom. The monoisotopic (exact) mass is 254 g/mol. The summed E-state index contributed by atoms with van der Waals surface area (Å²) in [7, 11) is -1.98. The molecule has 6 nitrogen and oxygen atoms in total. The summed E-state index contributed by atoms with van der Waals surface area (Å²) in [6.07, 6.45) is 0.282. The van der Waals surface area contributed by atoms with Gasteiger partial charge in [-0.05, 0) is 20.3 Å². The van der Waals surface area contributed by atoms with Gasteiger partial charge in [0.25, 0.3) is 10.2 Å². The van der Waals surface area contributed by atoms with E-state index in [0.717, 1.165) is 0 Å². The maximum atomic E-state index is 11.6. The van der Waals surface area contributed by atoms with E-state index in [1.165, 1.54) is 11.4 Å². The predicted octanol–water partition coefficient (Wildman–Crippen LogP) is -0.440. The van der Waals surface area contributed by atoms with E-state index in [2.05, 4.69) is 4.72 Å². The summed E-state index contributed by atoms with van der Waals surface area (Å²) in [6, 6.07) is 0. The summed E-state index contributed by atoms with van der Waals surface area (Å²) in [6.45, 7) is 4.76. The second-order valence-corrected chi connectivity index (χ2v) is 5.38. The maximum Gasteiger partial charge on any atom is 0.279 e. The van der Waals surface area contributed by atoms with Gasteiger partial charge in [-0.2, -0.15) is 17.4 Å². The van der Waals surface area contributed by atoms with Gasteiger partial charge in [-0.3, -0.25) is 0 Å². The zero-order valence-electron chi connectivity index (χ0n) is 10.1. The van der Waals surface area contributed by atoms with Crippen LogP contribution >= 0.6 is 0 Å². The van der Waals surface area contributed by atoms with Crippen molar-refractivity contribution in [2.24, 2.45) is 0 Å². The molecular formula is C9H22N2O4S. The Bertz CT molecular complexity index is 269. The highest BCUT2D eigenvalue weighted by atomic mass is 32.2. The molecule has 0 aliphatic rings. The van der Waals surface area contributed by atoms with Gasteiger partial charge < -0.3 is 9.84 Å². The number of aliphatic hydroxyl groups is 1. The second kappa shape index (κ2) is 7.97. The molecule has 0 rings (SSSR count). The molecule has 7 heteroatoms. The van der Waals surface area contributed by atoms with Crippen LogP contribution in [0.25, 0.3) is 0 Å². The van der Waals surface area contributed by atoms with Crippen LogP contribution in [0, 0.1) is 0 Å². The van der Waals surface area contributed by atoms with E-state index in [1.54, 1.807) is 6.92 Å². The first kappa shape index (κ1) is 15.8. The van der Waals surface area contributed by atoms with Gasteiger partial charge in [-0.1, -0.05) is 0 Å². The first-order chi connectivity index (χ1) is 7.44. The zero-order chi connectivity index (χ0) is 12.6. The Hall–Kier alpha value is -0.210. The van der Waals surface area contributed by atoms with E-state index in [-0.39, 0.29) is 19.3 Å². The molecule has 1 atom stereocenters. The van der Waals surface area contributed by atoms with E-state index in [0.29, 0.717) is 19.6 Å². The van der Waals surface area contributed by atoms with Crippen molar-refractivity contribution in [3.63, 3.8) is 0 Å². The Labute approximate surface area is 97.8 Å². The average molecular weight is 254 g/mol. The van der Waals surface area contributed by atoms with Crippen molar-refractivity contribution in [1.29, 1.82) is 0 Å². The second-order valence-electron chi connectivity index (χ2n) is 3.52. The molecule has 0 amide bonds. The van der Waals surface area contributed by atoms with Crippen LogP contribution in [-0.4, -0.2) is 57.3 Å². The van der Waals surface area contributed by atoms with Gasteiger partial charge in [0, 0.05) is 33.4 Å². The molecule has 16 heavy (non-hydrogen) atoms. The number of rotatable bonds is 9. The summed E-state index contributed by atoms with van der Waals surface area (Å²) >= 11 is 0. The Morgan fingerprint density at radius 3 is 2.62 bits per heavy atom. The largest absolute Gasteiger partial charge is 0.396 e. The molecule has 0 aromatic rings. The highest BCUT2D eigenvalue weighted by molar-refractivity contribution is 7.87. The fourth-order valence-corrected chi connectivity index (χ4v) is 2.13. The number of hydrogen-bond acceptors (Lipinski definition) is 4. The van der Waals surface area contributed by atoms with Crippen molar-refractivity contribution in [3.8, 4) is 0 Å². The molecule has 0 saturated heterocycles. The van der Waals surface area contributed by atoms with Crippen LogP contribution in [0.5, 0.6) is 0 Å². The molecule has 0 aliphatic heterocycles. The van der Waals surface area contributed by atoms with Gasteiger partial charge in [0.05, 0.1) is 6.10 Å². The normalized spacial score (nSPS) is 14.3. The van der Waals surface area contributed by atoms with Crippen LogP contribution in [0.4, 0.5) is 0 Å². The third-order valence-electron chi connectivity index (χ3n) is 2.05. The lowest BCUT2D eigenvalue weighted by Crippen LogP contribution is -2.42. The zero-order valence-corrected chi connectivity index (χ0v) is 11.0. The van der Waals surface area contributed by atoms with Crippen molar-refractivity contribution in [3.05, 3.63) is 0 Å². The van der Waals surface area contributed by atoms with Gasteiger partial charge in [0.1, 0.15) is 0 Å². The summed E-state index contributed by atoms with van der Waals surface area (Å²) in [5, 5.41) is 8.61. The van der Waals surface area contributed by atoms with Crippen LogP contribution in [0.15, 0.2) is 0 Å². The van der Waals surface area contributed by atoms with Gasteiger partial charge in [-0.25, -0.2) is 0 Å². The first-order valence-corrected chi connectivity index (χ1v) is 6.81. The van der Waals surface area contributed by atoms with Crippen LogP contribution in [0.1, 0.15) is 20.3 Å². The van der Waals surface area contributed by atoms with Crippen LogP contribution in [0.2, 0.25) is 0 Å². The van der Waals surface area contributed by atoms with Crippen molar-refractivity contribution in [1.82, 2.24) is 9.03 Å². The SMILES string of the molecule is CCOC(C)CNS(=O)(=O)N(C)CCCO. The lowest BCUT2D eigenvalue weighted by atomic mass is 10.4. The molecular weight excluding hydrogens is 232 g/mol. The highest BCUT2D eigenvalue weighted by Gasteiger charge is 2.17. The smallest absolute Gasteiger partial charge is 0.279 e. The van der Waals surface area contributed by atoms with Crippen molar-refractivity contribution >= 4 is 10.2 Å². The van der Waals surface area contributed by atoms with Crippen molar-refractivity contribution in [2.75, 3.05) is 33.4 Å². The number of nitrogens with one attached hydrogen (secondary N) is 1. The molecule has 0 radical (unpaired) electrons. The van der Waals surface area contributed by atoms with Gasteiger partial charge >= 0.3 is 0 Å². The van der Waals surface area contributed by atoms with Crippen LogP contribution < -0.4 is 4.72 Å². The lowest BCUT2D eigenvalue weighted by Gasteiger charge is -2.19. The van der Waals surface area contributed by atoms with E-state index >= 15 is 0 Å². The highest BCUT2D eigenvalue weighted by Crippen LogP contribution is 1.97. The van der Waals surface area contributed by atoms with Gasteiger partial charge in [0.2, 0.25) is 0 Å². The molecule has 0 bridgehead atoms. The number of ether oxygens (including phenoxy) is 1. The van der Waals surface area contributed by atoms with Crippen molar-refractivity contribution in [2.45, 2.75) is 26.4 Å². The Balaban J connectivity index is 4.03. The average Bonchev–Trinajstić information content (AvgIpc) is 2.23. The molecule has 0 aromatic carbocycles. The molecule has 0 aliphatic carbocycles. The standard InChI is InChI=1S/C9H22N2O4S/c1-4-15-9(2)8-10-16(13,14)11(3)6-5-7-12/h9-10,12H,4-8H2,1-3H3. The third-order valence-corrected chi connectivity index (χ3v) is 3.58. The maximum absolute atomic E-state index is 11.6. The summed E-state index contributed by atoms with van der Waals surface area (Å²) in [5.74, 6) is 0. The fraction of sp³-hybridized carbons (Fsp3) is 1.00. The quantitative estimate of drug-likeness (QED) is 0.585. The molecule has 0 heterocycles. The van der Waals surface area contributed by atoms with Gasteiger partial charge in [0.15, 0.2) is 0 Å². The Morgan fingerprint density at radius 2 is 2.12 bits per heavy atom. The molecule has 0 saturated carbocycles. The van der Waals surface area contributed by atoms with E-state index < -0.39 is 10.2 Å². The molecule has 0 aromatic heterocycles. The Kier molecular flexibility index (Phi) is 7.86. The predicted molar refractivity (Wildman–Crippen MR) is 62.3 cm³/mol. The van der Waals surface area contributed by atoms with Gasteiger partial charge in [-0.15, -0.1) is 0 Å². The first-order valence-electron chi connectivity index (χ1n) is 5.37. The molecule has 2 N–H and O–H groups in total. The molecule has 98 valence electrons. The summed E-state index contributed by atoms with van der Waals surface area (Å²) < 4.78 is 32.1. The summed E-state index contributed by atoms with van der Waals surface area (Å²) in [4.78, 5) is 0. The number of hydrogen-bond donors (Lipinski definition) is 2. The number of nitrogens with zero attached hydrogens (tertiary/aromatic N) is 1. The third kappa shape index (κ3) is 6.39. The van der Waals surface area contributed by atoms with E-state index in [9.17, 15) is 8.42 Å². The lowest BCUT2D eigenvalue weighted by molar-refractivity contribution is 0.0796.